The highest BCUT2D eigenvalue weighted by Crippen LogP contribution is 2.39. The molecule has 0 saturated heterocycles. The van der Waals surface area contributed by atoms with Gasteiger partial charge in [0.2, 0.25) is 0 Å². The van der Waals surface area contributed by atoms with Crippen molar-refractivity contribution in [3.63, 3.8) is 0 Å². The highest BCUT2D eigenvalue weighted by molar-refractivity contribution is 5.69. The number of aliphatic hydroxyl groups excluding tert-OH is 1. The molecule has 3 heteroatoms. The first-order chi connectivity index (χ1) is 9.74. The van der Waals surface area contributed by atoms with Crippen LogP contribution >= 0.6 is 0 Å². The lowest BCUT2D eigenvalue weighted by Gasteiger charge is -2.18. The molecule has 20 heavy (non-hydrogen) atoms. The molecule has 0 aliphatic heterocycles. The smallest absolute Gasteiger partial charge is 0.305 e. The second kappa shape index (κ2) is 7.44. The number of hydrogen-bond donors (Lipinski definition) is 1. The first kappa shape index (κ1) is 15.0. The summed E-state index contributed by atoms with van der Waals surface area (Å²) in [5, 5.41) is 9.45. The average Bonchev–Trinajstić information content (AvgIpc) is 2.96. The number of carbonyl (C=O) groups is 1. The molecule has 1 fully saturated rings. The van der Waals surface area contributed by atoms with Crippen LogP contribution < -0.4 is 0 Å². The summed E-state index contributed by atoms with van der Waals surface area (Å²) >= 11 is 0. The zero-order valence-electron chi connectivity index (χ0n) is 12.2. The topological polar surface area (TPSA) is 46.5 Å². The summed E-state index contributed by atoms with van der Waals surface area (Å²) in [5.74, 6) is 0.776. The molecular formula is C17H24O3. The van der Waals surface area contributed by atoms with Crippen LogP contribution in [0.5, 0.6) is 0 Å². The number of esters is 1. The number of ether oxygens (including phenoxy) is 1. The van der Waals surface area contributed by atoms with Crippen LogP contribution in [0.25, 0.3) is 0 Å². The Morgan fingerprint density at radius 2 is 2.25 bits per heavy atom. The molecular weight excluding hydrogens is 252 g/mol. The molecule has 0 aromatic heterocycles. The van der Waals surface area contributed by atoms with Crippen LogP contribution in [0.2, 0.25) is 0 Å². The second-order valence-corrected chi connectivity index (χ2v) is 5.65. The van der Waals surface area contributed by atoms with Gasteiger partial charge in [0.05, 0.1) is 7.11 Å². The van der Waals surface area contributed by atoms with Gasteiger partial charge in [0.1, 0.15) is 0 Å². The monoisotopic (exact) mass is 276 g/mol. The molecule has 3 nitrogen and oxygen atoms in total. The summed E-state index contributed by atoms with van der Waals surface area (Å²) in [6.07, 6.45) is 5.72. The van der Waals surface area contributed by atoms with Crippen molar-refractivity contribution in [2.75, 3.05) is 13.7 Å². The standard InChI is InChI=1S/C17H24O3/c1-20-17(19)10-3-6-13-5-2-7-14(11-13)16-9-4-8-15(16)12-18/h2,5,7,11,15-16,18H,3-4,6,8-10,12H2,1H3/t15?,16-/m1/s1. The van der Waals surface area contributed by atoms with Gasteiger partial charge < -0.3 is 9.84 Å². The van der Waals surface area contributed by atoms with Crippen LogP contribution in [0.3, 0.4) is 0 Å². The van der Waals surface area contributed by atoms with E-state index in [0.29, 0.717) is 18.3 Å². The molecule has 1 aliphatic rings. The molecule has 1 aliphatic carbocycles. The molecule has 1 unspecified atom stereocenters. The van der Waals surface area contributed by atoms with Gasteiger partial charge in [0.25, 0.3) is 0 Å². The number of carbonyl (C=O) groups excluding carboxylic acids is 1. The Bertz CT molecular complexity index is 442. The van der Waals surface area contributed by atoms with E-state index in [1.165, 1.54) is 31.1 Å². The zero-order chi connectivity index (χ0) is 14.4. The normalized spacial score (nSPS) is 21.9. The van der Waals surface area contributed by atoms with Crippen LogP contribution in [0.4, 0.5) is 0 Å². The Labute approximate surface area is 121 Å². The van der Waals surface area contributed by atoms with E-state index in [2.05, 4.69) is 29.0 Å². The Morgan fingerprint density at radius 3 is 3.00 bits per heavy atom. The predicted octanol–water partition coefficient (Wildman–Crippen LogP) is 3.06. The molecule has 2 atom stereocenters. The quantitative estimate of drug-likeness (QED) is 0.812. The fourth-order valence-electron chi connectivity index (χ4n) is 3.21. The molecule has 0 spiro atoms. The fraction of sp³-hybridized carbons (Fsp3) is 0.588. The highest BCUT2D eigenvalue weighted by Gasteiger charge is 2.27. The molecule has 0 bridgehead atoms. The largest absolute Gasteiger partial charge is 0.469 e. The van der Waals surface area contributed by atoms with E-state index >= 15 is 0 Å². The van der Waals surface area contributed by atoms with Gasteiger partial charge in [-0.15, -0.1) is 0 Å². The molecule has 0 radical (unpaired) electrons. The van der Waals surface area contributed by atoms with Crippen LogP contribution in [-0.4, -0.2) is 24.8 Å². The summed E-state index contributed by atoms with van der Waals surface area (Å²) in [6.45, 7) is 0.289. The third kappa shape index (κ3) is 3.83. The maximum atomic E-state index is 11.1. The second-order valence-electron chi connectivity index (χ2n) is 5.65. The van der Waals surface area contributed by atoms with E-state index in [0.717, 1.165) is 19.3 Å². The minimum Gasteiger partial charge on any atom is -0.469 e. The van der Waals surface area contributed by atoms with Crippen molar-refractivity contribution >= 4 is 5.97 Å². The molecule has 1 aromatic rings. The fourth-order valence-corrected chi connectivity index (χ4v) is 3.21. The van der Waals surface area contributed by atoms with Crippen LogP contribution in [-0.2, 0) is 16.0 Å². The van der Waals surface area contributed by atoms with Gasteiger partial charge in [-0.1, -0.05) is 30.7 Å². The molecule has 0 heterocycles. The van der Waals surface area contributed by atoms with Crippen molar-refractivity contribution in [3.05, 3.63) is 35.4 Å². The Hall–Kier alpha value is -1.35. The third-order valence-electron chi connectivity index (χ3n) is 4.35. The first-order valence-corrected chi connectivity index (χ1v) is 7.51. The third-order valence-corrected chi connectivity index (χ3v) is 4.35. The number of hydrogen-bond acceptors (Lipinski definition) is 3. The molecule has 2 rings (SSSR count). The van der Waals surface area contributed by atoms with Gasteiger partial charge in [-0.2, -0.15) is 0 Å². The Kier molecular flexibility index (Phi) is 5.60. The summed E-state index contributed by atoms with van der Waals surface area (Å²) in [5.41, 5.74) is 2.62. The van der Waals surface area contributed by atoms with Crippen molar-refractivity contribution in [1.82, 2.24) is 0 Å². The van der Waals surface area contributed by atoms with Gasteiger partial charge >= 0.3 is 5.97 Å². The van der Waals surface area contributed by atoms with Crippen molar-refractivity contribution in [3.8, 4) is 0 Å². The average molecular weight is 276 g/mol. The maximum absolute atomic E-state index is 11.1. The lowest BCUT2D eigenvalue weighted by molar-refractivity contribution is -0.140. The molecule has 110 valence electrons. The van der Waals surface area contributed by atoms with Crippen molar-refractivity contribution < 1.29 is 14.6 Å². The maximum Gasteiger partial charge on any atom is 0.305 e. The van der Waals surface area contributed by atoms with Gasteiger partial charge in [0.15, 0.2) is 0 Å². The van der Waals surface area contributed by atoms with Gasteiger partial charge in [-0.3, -0.25) is 4.79 Å². The number of benzene rings is 1. The van der Waals surface area contributed by atoms with E-state index in [1.54, 1.807) is 0 Å². The summed E-state index contributed by atoms with van der Waals surface area (Å²) in [6, 6.07) is 8.62. The van der Waals surface area contributed by atoms with Crippen molar-refractivity contribution in [2.45, 2.75) is 44.4 Å². The minimum atomic E-state index is -0.141. The number of methoxy groups -OCH3 is 1. The Morgan fingerprint density at radius 1 is 1.40 bits per heavy atom. The number of aliphatic hydroxyl groups is 1. The predicted molar refractivity (Wildman–Crippen MR) is 78.6 cm³/mol. The lowest BCUT2D eigenvalue weighted by atomic mass is 9.88. The van der Waals surface area contributed by atoms with Crippen molar-refractivity contribution in [1.29, 1.82) is 0 Å². The van der Waals surface area contributed by atoms with E-state index < -0.39 is 0 Å². The first-order valence-electron chi connectivity index (χ1n) is 7.51. The van der Waals surface area contributed by atoms with Gasteiger partial charge in [-0.05, 0) is 48.6 Å². The van der Waals surface area contributed by atoms with E-state index in [4.69, 9.17) is 0 Å². The lowest BCUT2D eigenvalue weighted by Crippen LogP contribution is -2.10. The summed E-state index contributed by atoms with van der Waals surface area (Å²) < 4.78 is 4.66. The molecule has 1 aromatic carbocycles. The Balaban J connectivity index is 1.95. The summed E-state index contributed by atoms with van der Waals surface area (Å²) in [4.78, 5) is 11.1. The van der Waals surface area contributed by atoms with Crippen molar-refractivity contribution in [2.24, 2.45) is 5.92 Å². The molecule has 1 N–H and O–H groups in total. The highest BCUT2D eigenvalue weighted by atomic mass is 16.5. The van der Waals surface area contributed by atoms with Crippen LogP contribution in [0.1, 0.15) is 49.1 Å². The van der Waals surface area contributed by atoms with Gasteiger partial charge in [-0.25, -0.2) is 0 Å². The van der Waals surface area contributed by atoms with E-state index in [1.807, 2.05) is 0 Å². The minimum absolute atomic E-state index is 0.141. The zero-order valence-corrected chi connectivity index (χ0v) is 12.2. The van der Waals surface area contributed by atoms with E-state index in [-0.39, 0.29) is 12.6 Å². The molecule has 1 saturated carbocycles. The summed E-state index contributed by atoms with van der Waals surface area (Å²) in [7, 11) is 1.43. The number of rotatable bonds is 6. The van der Waals surface area contributed by atoms with Crippen LogP contribution in [0.15, 0.2) is 24.3 Å². The molecule has 0 amide bonds. The van der Waals surface area contributed by atoms with Gasteiger partial charge in [0, 0.05) is 13.0 Å². The SMILES string of the molecule is COC(=O)CCCc1cccc([C@H]2CCCC2CO)c1. The van der Waals surface area contributed by atoms with E-state index in [9.17, 15) is 9.90 Å². The number of aryl methyl sites for hydroxylation is 1. The van der Waals surface area contributed by atoms with Crippen LogP contribution in [0, 0.1) is 5.92 Å².